The lowest BCUT2D eigenvalue weighted by atomic mass is 9.74. The van der Waals surface area contributed by atoms with Gasteiger partial charge in [0.1, 0.15) is 23.5 Å². The molecule has 1 fully saturated rings. The second-order valence-corrected chi connectivity index (χ2v) is 8.26. The summed E-state index contributed by atoms with van der Waals surface area (Å²) in [6.45, 7) is 6.09. The number of nitrogens with one attached hydrogen (secondary N) is 1. The molecule has 154 valence electrons. The number of carbonyl (C=O) groups excluding carboxylic acids is 1. The van der Waals surface area contributed by atoms with E-state index in [1.165, 1.54) is 18.2 Å². The summed E-state index contributed by atoms with van der Waals surface area (Å²) in [5, 5.41) is 7.08. The molecule has 4 rings (SSSR count). The van der Waals surface area contributed by atoms with Crippen LogP contribution in [-0.2, 0) is 4.79 Å². The number of allylic oxidation sites excluding steroid dienone is 3. The smallest absolute Gasteiger partial charge is 0.227 e. The Bertz CT molecular complexity index is 998. The third kappa shape index (κ3) is 3.41. The number of alkyl halides is 1. The number of amides is 1. The van der Waals surface area contributed by atoms with Gasteiger partial charge in [-0.3, -0.25) is 4.79 Å². The Morgan fingerprint density at radius 2 is 2.21 bits per heavy atom. The van der Waals surface area contributed by atoms with E-state index in [0.717, 1.165) is 12.8 Å². The Labute approximate surface area is 168 Å². The Morgan fingerprint density at radius 1 is 1.41 bits per heavy atom. The number of fused-ring (bicyclic) bond motifs is 1. The Morgan fingerprint density at radius 3 is 2.97 bits per heavy atom. The van der Waals surface area contributed by atoms with Gasteiger partial charge in [-0.05, 0) is 37.1 Å². The minimum Gasteiger partial charge on any atom is -0.353 e. The van der Waals surface area contributed by atoms with Crippen LogP contribution < -0.4 is 10.2 Å². The predicted octanol–water partition coefficient (Wildman–Crippen LogP) is 4.06. The highest BCUT2D eigenvalue weighted by Gasteiger charge is 2.46. The SMILES string of the molecule is CC(C)C(=O)Nc1cnn2ccc(N3CCC[C@@H]3C3(C)C=C(F)C=CC3F)nc12. The summed E-state index contributed by atoms with van der Waals surface area (Å²) in [6, 6.07) is 1.60. The summed E-state index contributed by atoms with van der Waals surface area (Å²) in [5.74, 6) is -0.0319. The summed E-state index contributed by atoms with van der Waals surface area (Å²) in [6.07, 6.45) is 7.55. The monoisotopic (exact) mass is 401 g/mol. The van der Waals surface area contributed by atoms with Crippen molar-refractivity contribution in [3.05, 3.63) is 42.5 Å². The number of halogens is 2. The molecule has 0 aromatic carbocycles. The van der Waals surface area contributed by atoms with Gasteiger partial charge in [-0.25, -0.2) is 18.3 Å². The van der Waals surface area contributed by atoms with Crippen molar-refractivity contribution in [2.45, 2.75) is 45.8 Å². The second-order valence-electron chi connectivity index (χ2n) is 8.26. The number of aromatic nitrogens is 3. The molecule has 3 heterocycles. The van der Waals surface area contributed by atoms with Gasteiger partial charge in [-0.15, -0.1) is 0 Å². The molecule has 0 saturated carbocycles. The van der Waals surface area contributed by atoms with Gasteiger partial charge in [0.25, 0.3) is 0 Å². The van der Waals surface area contributed by atoms with E-state index in [9.17, 15) is 13.6 Å². The molecule has 0 bridgehead atoms. The molecule has 2 aliphatic rings. The third-order valence-corrected chi connectivity index (χ3v) is 5.87. The van der Waals surface area contributed by atoms with Gasteiger partial charge in [0.15, 0.2) is 5.65 Å². The molecule has 2 aromatic heterocycles. The van der Waals surface area contributed by atoms with E-state index in [2.05, 4.69) is 10.4 Å². The van der Waals surface area contributed by atoms with Crippen LogP contribution in [0.2, 0.25) is 0 Å². The van der Waals surface area contributed by atoms with E-state index in [4.69, 9.17) is 4.98 Å². The first-order valence-corrected chi connectivity index (χ1v) is 9.92. The normalized spacial score (nSPS) is 27.0. The van der Waals surface area contributed by atoms with Crippen molar-refractivity contribution in [2.24, 2.45) is 11.3 Å². The van der Waals surface area contributed by atoms with Crippen molar-refractivity contribution in [1.29, 1.82) is 0 Å². The van der Waals surface area contributed by atoms with Gasteiger partial charge in [-0.2, -0.15) is 5.10 Å². The lowest BCUT2D eigenvalue weighted by Gasteiger charge is -2.41. The lowest BCUT2D eigenvalue weighted by molar-refractivity contribution is -0.118. The molecule has 2 unspecified atom stereocenters. The topological polar surface area (TPSA) is 62.5 Å². The first kappa shape index (κ1) is 19.5. The van der Waals surface area contributed by atoms with Crippen LogP contribution >= 0.6 is 0 Å². The fourth-order valence-electron chi connectivity index (χ4n) is 4.16. The first-order valence-electron chi connectivity index (χ1n) is 9.92. The molecule has 0 radical (unpaired) electrons. The van der Waals surface area contributed by atoms with Gasteiger partial charge in [0, 0.05) is 30.1 Å². The predicted molar refractivity (Wildman–Crippen MR) is 108 cm³/mol. The lowest BCUT2D eigenvalue weighted by Crippen LogP contribution is -2.47. The zero-order chi connectivity index (χ0) is 20.8. The summed E-state index contributed by atoms with van der Waals surface area (Å²) >= 11 is 0. The minimum atomic E-state index is -1.27. The Kier molecular flexibility index (Phi) is 4.88. The molecule has 1 aliphatic heterocycles. The summed E-state index contributed by atoms with van der Waals surface area (Å²) in [5.41, 5.74) is 0.0784. The molecule has 1 amide bonds. The van der Waals surface area contributed by atoms with Crippen LogP contribution in [-0.4, -0.2) is 39.3 Å². The van der Waals surface area contributed by atoms with Crippen molar-refractivity contribution in [3.63, 3.8) is 0 Å². The highest BCUT2D eigenvalue weighted by atomic mass is 19.1. The van der Waals surface area contributed by atoms with Crippen molar-refractivity contribution in [3.8, 4) is 0 Å². The van der Waals surface area contributed by atoms with Crippen LogP contribution in [0, 0.1) is 11.3 Å². The van der Waals surface area contributed by atoms with E-state index < -0.39 is 17.4 Å². The summed E-state index contributed by atoms with van der Waals surface area (Å²) in [7, 11) is 0. The van der Waals surface area contributed by atoms with Gasteiger partial charge in [-0.1, -0.05) is 20.8 Å². The molecular formula is C21H25F2N5O. The molecule has 8 heteroatoms. The van der Waals surface area contributed by atoms with Gasteiger partial charge in [0.2, 0.25) is 5.91 Å². The van der Waals surface area contributed by atoms with Gasteiger partial charge >= 0.3 is 0 Å². The van der Waals surface area contributed by atoms with E-state index >= 15 is 0 Å². The number of hydrogen-bond acceptors (Lipinski definition) is 4. The molecule has 29 heavy (non-hydrogen) atoms. The summed E-state index contributed by atoms with van der Waals surface area (Å²) < 4.78 is 30.4. The van der Waals surface area contributed by atoms with Crippen molar-refractivity contribution in [1.82, 2.24) is 14.6 Å². The molecule has 1 N–H and O–H groups in total. The van der Waals surface area contributed by atoms with Crippen LogP contribution in [0.25, 0.3) is 5.65 Å². The molecular weight excluding hydrogens is 376 g/mol. The fraction of sp³-hybridized carbons (Fsp3) is 0.476. The Balaban J connectivity index is 1.68. The van der Waals surface area contributed by atoms with Crippen LogP contribution in [0.3, 0.4) is 0 Å². The number of rotatable bonds is 4. The van der Waals surface area contributed by atoms with Crippen LogP contribution in [0.15, 0.2) is 42.5 Å². The highest BCUT2D eigenvalue weighted by Crippen LogP contribution is 2.44. The average molecular weight is 401 g/mol. The zero-order valence-corrected chi connectivity index (χ0v) is 16.8. The largest absolute Gasteiger partial charge is 0.353 e. The fourth-order valence-corrected chi connectivity index (χ4v) is 4.16. The van der Waals surface area contributed by atoms with Crippen molar-refractivity contribution < 1.29 is 13.6 Å². The maximum absolute atomic E-state index is 14.8. The Hall–Kier alpha value is -2.77. The molecule has 3 atom stereocenters. The maximum Gasteiger partial charge on any atom is 0.227 e. The second kappa shape index (κ2) is 7.24. The van der Waals surface area contributed by atoms with Crippen LogP contribution in [0.4, 0.5) is 20.3 Å². The third-order valence-electron chi connectivity index (χ3n) is 5.87. The van der Waals surface area contributed by atoms with Crippen LogP contribution in [0.5, 0.6) is 0 Å². The van der Waals surface area contributed by atoms with E-state index in [0.29, 0.717) is 23.7 Å². The van der Waals surface area contributed by atoms with E-state index in [1.54, 1.807) is 23.8 Å². The van der Waals surface area contributed by atoms with Crippen molar-refractivity contribution >= 4 is 23.1 Å². The molecule has 6 nitrogen and oxygen atoms in total. The van der Waals surface area contributed by atoms with E-state index in [1.807, 2.05) is 24.8 Å². The highest BCUT2D eigenvalue weighted by molar-refractivity contribution is 5.95. The minimum absolute atomic E-state index is 0.117. The molecule has 1 saturated heterocycles. The van der Waals surface area contributed by atoms with E-state index in [-0.39, 0.29) is 17.9 Å². The molecule has 2 aromatic rings. The van der Waals surface area contributed by atoms with Crippen LogP contribution in [0.1, 0.15) is 33.6 Å². The number of nitrogens with zero attached hydrogens (tertiary/aromatic N) is 4. The number of anilines is 2. The van der Waals surface area contributed by atoms with Crippen molar-refractivity contribution in [2.75, 3.05) is 16.8 Å². The van der Waals surface area contributed by atoms with Gasteiger partial charge in [0.05, 0.1) is 6.20 Å². The quantitative estimate of drug-likeness (QED) is 0.839. The summed E-state index contributed by atoms with van der Waals surface area (Å²) in [4.78, 5) is 18.8. The maximum atomic E-state index is 14.8. The molecule has 0 spiro atoms. The average Bonchev–Trinajstić information content (AvgIpc) is 3.32. The molecule has 1 aliphatic carbocycles. The zero-order valence-electron chi connectivity index (χ0n) is 16.8. The number of hydrogen-bond donors (Lipinski definition) is 1. The van der Waals surface area contributed by atoms with Gasteiger partial charge < -0.3 is 10.2 Å². The standard InChI is InChI=1S/C21H25F2N5O/c1-13(2)20(29)25-15-12-24-28-10-8-18(26-19(15)28)27-9-4-5-17(27)21(3)11-14(22)6-7-16(21)23/h6-8,10-13,16-17H,4-5,9H2,1-3H3,(H,25,29)/t16?,17-,21?/m1/s1. The number of carbonyl (C=O) groups is 1. The first-order chi connectivity index (χ1) is 13.8.